The molecule has 1 aromatic heterocycles. The summed E-state index contributed by atoms with van der Waals surface area (Å²) in [6, 6.07) is 14.0. The van der Waals surface area contributed by atoms with Gasteiger partial charge in [-0.05, 0) is 24.3 Å². The molecule has 0 saturated carbocycles. The van der Waals surface area contributed by atoms with E-state index in [0.29, 0.717) is 21.1 Å². The van der Waals surface area contributed by atoms with Gasteiger partial charge in [0.2, 0.25) is 0 Å². The number of H-pyrrole nitrogens is 1. The quantitative estimate of drug-likeness (QED) is 0.373. The maximum atomic E-state index is 12.0. The average molecular weight is 402 g/mol. The monoisotopic (exact) mass is 401 g/mol. The first-order chi connectivity index (χ1) is 13.0. The molecule has 136 valence electrons. The van der Waals surface area contributed by atoms with Crippen LogP contribution in [0.2, 0.25) is 10.0 Å². The molecule has 2 aromatic carbocycles. The number of nitriles is 1. The number of aliphatic hydroxyl groups excluding tert-OH is 1. The van der Waals surface area contributed by atoms with Crippen molar-refractivity contribution < 1.29 is 14.6 Å². The molecule has 0 unspecified atom stereocenters. The van der Waals surface area contributed by atoms with Crippen LogP contribution in [0.5, 0.6) is 0 Å². The fourth-order valence-corrected chi connectivity index (χ4v) is 2.97. The summed E-state index contributed by atoms with van der Waals surface area (Å²) in [7, 11) is 0. The fraction of sp³-hybridized carbons (Fsp3) is 0.105. The van der Waals surface area contributed by atoms with Crippen LogP contribution in [0.15, 0.2) is 48.2 Å². The van der Waals surface area contributed by atoms with Crippen LogP contribution >= 0.6 is 23.2 Å². The number of imidazole rings is 1. The minimum absolute atomic E-state index is 0.102. The third-order valence-electron chi connectivity index (χ3n) is 3.78. The molecule has 0 aliphatic heterocycles. The Bertz CT molecular complexity index is 1030. The van der Waals surface area contributed by atoms with E-state index in [1.807, 2.05) is 18.2 Å². The van der Waals surface area contributed by atoms with Gasteiger partial charge in [0, 0.05) is 15.6 Å². The number of fused-ring (bicyclic) bond motifs is 1. The molecule has 2 N–H and O–H groups in total. The molecule has 27 heavy (non-hydrogen) atoms. The molecule has 1 heterocycles. The van der Waals surface area contributed by atoms with Crippen molar-refractivity contribution in [1.29, 1.82) is 5.26 Å². The van der Waals surface area contributed by atoms with Crippen LogP contribution in [0, 0.1) is 11.3 Å². The molecule has 0 spiro atoms. The summed E-state index contributed by atoms with van der Waals surface area (Å²) in [5.74, 6) is -0.852. The van der Waals surface area contributed by atoms with E-state index in [9.17, 15) is 15.2 Å². The van der Waals surface area contributed by atoms with Crippen molar-refractivity contribution in [3.8, 4) is 6.07 Å². The van der Waals surface area contributed by atoms with Gasteiger partial charge in [-0.2, -0.15) is 5.26 Å². The van der Waals surface area contributed by atoms with E-state index in [2.05, 4.69) is 9.97 Å². The Kier molecular flexibility index (Phi) is 5.65. The highest BCUT2D eigenvalue weighted by Crippen LogP contribution is 2.25. The number of aromatic amines is 1. The van der Waals surface area contributed by atoms with Gasteiger partial charge >= 0.3 is 5.97 Å². The molecule has 3 rings (SSSR count). The number of para-hydroxylation sites is 2. The Morgan fingerprint density at radius 1 is 1.19 bits per heavy atom. The molecule has 3 aromatic rings. The van der Waals surface area contributed by atoms with E-state index in [-0.39, 0.29) is 17.8 Å². The topological polar surface area (TPSA) is 99.0 Å². The molecule has 0 aliphatic carbocycles. The van der Waals surface area contributed by atoms with Crippen molar-refractivity contribution in [2.75, 3.05) is 6.61 Å². The van der Waals surface area contributed by atoms with Crippen LogP contribution in [0.25, 0.3) is 16.6 Å². The van der Waals surface area contributed by atoms with Crippen molar-refractivity contribution in [2.24, 2.45) is 0 Å². The molecule has 0 atom stereocenters. The zero-order valence-electron chi connectivity index (χ0n) is 13.9. The van der Waals surface area contributed by atoms with Crippen LogP contribution in [-0.4, -0.2) is 27.7 Å². The van der Waals surface area contributed by atoms with Crippen molar-refractivity contribution in [2.45, 2.75) is 6.42 Å². The third-order valence-corrected chi connectivity index (χ3v) is 4.49. The number of rotatable bonds is 5. The lowest BCUT2D eigenvalue weighted by Gasteiger charge is -2.08. The Morgan fingerprint density at radius 3 is 2.56 bits per heavy atom. The lowest BCUT2D eigenvalue weighted by molar-refractivity contribution is -0.142. The zero-order chi connectivity index (χ0) is 19.4. The predicted octanol–water partition coefficient (Wildman–Crippen LogP) is 4.45. The molecule has 0 radical (unpaired) electrons. The molecule has 0 bridgehead atoms. The number of aromatic nitrogens is 2. The Labute approximate surface area is 164 Å². The summed E-state index contributed by atoms with van der Waals surface area (Å²) in [6.45, 7) is -0.471. The van der Waals surface area contributed by atoms with Gasteiger partial charge in [-0.25, -0.2) is 4.98 Å². The number of carbonyl (C=O) groups excluding carboxylic acids is 1. The second-order valence-electron chi connectivity index (χ2n) is 5.57. The van der Waals surface area contributed by atoms with Crippen LogP contribution in [-0.2, 0) is 16.0 Å². The van der Waals surface area contributed by atoms with Crippen LogP contribution in [0.3, 0.4) is 0 Å². The Morgan fingerprint density at radius 2 is 1.89 bits per heavy atom. The Balaban J connectivity index is 1.73. The number of hydrogen-bond acceptors (Lipinski definition) is 5. The zero-order valence-corrected chi connectivity index (χ0v) is 15.4. The van der Waals surface area contributed by atoms with E-state index < -0.39 is 18.3 Å². The van der Waals surface area contributed by atoms with Crippen molar-refractivity contribution in [3.05, 3.63) is 69.7 Å². The number of carbonyl (C=O) groups is 1. The molecule has 0 fully saturated rings. The molecule has 0 saturated heterocycles. The molecule has 0 aliphatic rings. The smallest absolute Gasteiger partial charge is 0.310 e. The largest absolute Gasteiger partial charge is 0.507 e. The standard InChI is InChI=1S/C19H13Cl2N3O3/c20-13-4-3-5-14(21)11(13)8-18(26)27-10-17(25)12(9-22)19-23-15-6-1-2-7-16(15)24-19/h1-7,25H,8,10H2,(H,23,24). The Hall–Kier alpha value is -3.01. The molecule has 6 nitrogen and oxygen atoms in total. The van der Waals surface area contributed by atoms with Crippen molar-refractivity contribution >= 4 is 45.8 Å². The molecule has 0 amide bonds. The summed E-state index contributed by atoms with van der Waals surface area (Å²) >= 11 is 12.0. The lowest BCUT2D eigenvalue weighted by atomic mass is 10.1. The molecular weight excluding hydrogens is 389 g/mol. The van der Waals surface area contributed by atoms with Gasteiger partial charge in [-0.1, -0.05) is 41.4 Å². The highest BCUT2D eigenvalue weighted by Gasteiger charge is 2.16. The first kappa shape index (κ1) is 18.8. The van der Waals surface area contributed by atoms with E-state index in [1.165, 1.54) is 0 Å². The number of hydrogen-bond donors (Lipinski definition) is 2. The number of nitrogens with zero attached hydrogens (tertiary/aromatic N) is 2. The maximum absolute atomic E-state index is 12.0. The van der Waals surface area contributed by atoms with Crippen molar-refractivity contribution in [3.63, 3.8) is 0 Å². The third kappa shape index (κ3) is 4.22. The fourth-order valence-electron chi connectivity index (χ4n) is 2.44. The maximum Gasteiger partial charge on any atom is 0.310 e. The van der Waals surface area contributed by atoms with Gasteiger partial charge in [-0.15, -0.1) is 0 Å². The van der Waals surface area contributed by atoms with E-state index in [0.717, 1.165) is 5.52 Å². The predicted molar refractivity (Wildman–Crippen MR) is 102 cm³/mol. The van der Waals surface area contributed by atoms with Crippen LogP contribution in [0.1, 0.15) is 11.4 Å². The number of halogens is 2. The molecular formula is C19H13Cl2N3O3. The van der Waals surface area contributed by atoms with Crippen molar-refractivity contribution in [1.82, 2.24) is 9.97 Å². The number of esters is 1. The average Bonchev–Trinajstić information content (AvgIpc) is 3.07. The SMILES string of the molecule is N#CC(=C(O)COC(=O)Cc1c(Cl)cccc1Cl)c1nc2ccccc2[nH]1. The number of nitrogens with one attached hydrogen (secondary N) is 1. The second kappa shape index (κ2) is 8.12. The number of ether oxygens (including phenoxy) is 1. The van der Waals surface area contributed by atoms with E-state index in [1.54, 1.807) is 30.3 Å². The van der Waals surface area contributed by atoms with Gasteiger partial charge in [-0.3, -0.25) is 4.79 Å². The van der Waals surface area contributed by atoms with Gasteiger partial charge in [0.25, 0.3) is 0 Å². The minimum atomic E-state index is -0.640. The lowest BCUT2D eigenvalue weighted by Crippen LogP contribution is -2.12. The highest BCUT2D eigenvalue weighted by atomic mass is 35.5. The molecule has 8 heteroatoms. The summed E-state index contributed by atoms with van der Waals surface area (Å²) in [4.78, 5) is 19.2. The van der Waals surface area contributed by atoms with E-state index >= 15 is 0 Å². The summed E-state index contributed by atoms with van der Waals surface area (Å²) in [6.07, 6.45) is -0.154. The number of aliphatic hydroxyl groups is 1. The van der Waals surface area contributed by atoms with Crippen LogP contribution in [0.4, 0.5) is 0 Å². The minimum Gasteiger partial charge on any atom is -0.507 e. The van der Waals surface area contributed by atoms with Gasteiger partial charge < -0.3 is 14.8 Å². The summed E-state index contributed by atoms with van der Waals surface area (Å²) < 4.78 is 5.04. The number of allylic oxidation sites excluding steroid dienone is 1. The number of benzene rings is 2. The van der Waals surface area contributed by atoms with Crippen LogP contribution < -0.4 is 0 Å². The first-order valence-electron chi connectivity index (χ1n) is 7.85. The van der Waals surface area contributed by atoms with Gasteiger partial charge in [0.1, 0.15) is 18.2 Å². The summed E-state index contributed by atoms with van der Waals surface area (Å²) in [5, 5.41) is 20.2. The summed E-state index contributed by atoms with van der Waals surface area (Å²) in [5.41, 5.74) is 1.71. The second-order valence-corrected chi connectivity index (χ2v) is 6.39. The normalized spacial score (nSPS) is 11.7. The van der Waals surface area contributed by atoms with Gasteiger partial charge in [0.05, 0.1) is 17.5 Å². The van der Waals surface area contributed by atoms with Gasteiger partial charge in [0.15, 0.2) is 11.6 Å². The van der Waals surface area contributed by atoms with E-state index in [4.69, 9.17) is 27.9 Å². The highest BCUT2D eigenvalue weighted by molar-refractivity contribution is 6.36. The first-order valence-corrected chi connectivity index (χ1v) is 8.61.